The summed E-state index contributed by atoms with van der Waals surface area (Å²) in [5.74, 6) is 0.344. The van der Waals surface area contributed by atoms with E-state index in [1.165, 1.54) is 4.90 Å². The van der Waals surface area contributed by atoms with E-state index in [1.807, 2.05) is 19.9 Å². The molecule has 0 bridgehead atoms. The summed E-state index contributed by atoms with van der Waals surface area (Å²) in [6.07, 6.45) is 1.71. The first-order chi connectivity index (χ1) is 9.92. The number of ether oxygens (including phenoxy) is 1. The van der Waals surface area contributed by atoms with Crippen molar-refractivity contribution in [3.63, 3.8) is 0 Å². The third kappa shape index (κ3) is 3.60. The van der Waals surface area contributed by atoms with Gasteiger partial charge in [-0.25, -0.2) is 0 Å². The van der Waals surface area contributed by atoms with Crippen LogP contribution in [0.15, 0.2) is 23.1 Å². The highest BCUT2D eigenvalue weighted by Gasteiger charge is 2.33. The number of likely N-dealkylation sites (N-methyl/N-ethyl adjacent to an activating group) is 1. The molecule has 1 aromatic rings. The molecule has 1 fully saturated rings. The topological polar surface area (TPSA) is 46.6 Å². The number of thioether (sulfide) groups is 1. The van der Waals surface area contributed by atoms with Crippen LogP contribution in [0.1, 0.15) is 26.3 Å². The largest absolute Gasteiger partial charge is 0.489 e. The summed E-state index contributed by atoms with van der Waals surface area (Å²) in [6, 6.07) is 5.29. The molecule has 2 amide bonds. The first-order valence-corrected chi connectivity index (χ1v) is 7.83. The van der Waals surface area contributed by atoms with Crippen molar-refractivity contribution in [1.82, 2.24) is 4.90 Å². The number of hydrogen-bond acceptors (Lipinski definition) is 4. The SMILES string of the molecule is CCN1C(=O)S/C(=C/c2ccc(OC(C)C)c(Cl)c2)C1=O. The van der Waals surface area contributed by atoms with Gasteiger partial charge in [0.1, 0.15) is 5.75 Å². The first-order valence-electron chi connectivity index (χ1n) is 6.64. The molecule has 0 unspecified atom stereocenters. The molecule has 0 atom stereocenters. The van der Waals surface area contributed by atoms with Crippen LogP contribution in [-0.2, 0) is 4.79 Å². The smallest absolute Gasteiger partial charge is 0.293 e. The van der Waals surface area contributed by atoms with Crippen molar-refractivity contribution < 1.29 is 14.3 Å². The van der Waals surface area contributed by atoms with Gasteiger partial charge in [-0.1, -0.05) is 17.7 Å². The van der Waals surface area contributed by atoms with E-state index in [4.69, 9.17) is 16.3 Å². The van der Waals surface area contributed by atoms with Crippen LogP contribution < -0.4 is 4.74 Å². The van der Waals surface area contributed by atoms with Gasteiger partial charge in [-0.15, -0.1) is 0 Å². The van der Waals surface area contributed by atoms with E-state index in [-0.39, 0.29) is 17.3 Å². The molecule has 0 radical (unpaired) electrons. The van der Waals surface area contributed by atoms with Crippen LogP contribution in [-0.4, -0.2) is 28.7 Å². The van der Waals surface area contributed by atoms with Gasteiger partial charge in [0.15, 0.2) is 0 Å². The lowest BCUT2D eigenvalue weighted by molar-refractivity contribution is -0.122. The zero-order valence-corrected chi connectivity index (χ0v) is 13.6. The molecule has 1 aliphatic rings. The van der Waals surface area contributed by atoms with Crippen LogP contribution in [0, 0.1) is 0 Å². The monoisotopic (exact) mass is 325 g/mol. The van der Waals surface area contributed by atoms with Crippen molar-refractivity contribution in [3.05, 3.63) is 33.7 Å². The van der Waals surface area contributed by atoms with Crippen LogP contribution in [0.3, 0.4) is 0 Å². The van der Waals surface area contributed by atoms with Gasteiger partial charge in [-0.2, -0.15) is 0 Å². The summed E-state index contributed by atoms with van der Waals surface area (Å²) in [7, 11) is 0. The van der Waals surface area contributed by atoms with Crippen molar-refractivity contribution in [1.29, 1.82) is 0 Å². The Hall–Kier alpha value is -1.46. The Balaban J connectivity index is 2.24. The second-order valence-corrected chi connectivity index (χ2v) is 6.18. The standard InChI is InChI=1S/C15H16ClNO3S/c1-4-17-14(18)13(21-15(17)19)8-10-5-6-12(11(16)7-10)20-9(2)3/h5-9H,4H2,1-3H3/b13-8+. The van der Waals surface area contributed by atoms with E-state index in [2.05, 4.69) is 0 Å². The minimum absolute atomic E-state index is 0.0365. The maximum atomic E-state index is 12.0. The molecule has 21 heavy (non-hydrogen) atoms. The quantitative estimate of drug-likeness (QED) is 0.779. The number of nitrogens with zero attached hydrogens (tertiary/aromatic N) is 1. The third-order valence-corrected chi connectivity index (χ3v) is 4.01. The Labute approximate surface area is 133 Å². The Kier molecular flexibility index (Phi) is 4.96. The van der Waals surface area contributed by atoms with E-state index >= 15 is 0 Å². The normalized spacial score (nSPS) is 17.2. The van der Waals surface area contributed by atoms with Crippen molar-refractivity contribution in [3.8, 4) is 5.75 Å². The van der Waals surface area contributed by atoms with Crippen molar-refractivity contribution in [2.24, 2.45) is 0 Å². The van der Waals surface area contributed by atoms with Crippen LogP contribution >= 0.6 is 23.4 Å². The number of halogens is 1. The van der Waals surface area contributed by atoms with E-state index in [1.54, 1.807) is 25.1 Å². The number of imide groups is 1. The molecule has 0 saturated carbocycles. The number of carbonyl (C=O) groups excluding carboxylic acids is 2. The van der Waals surface area contributed by atoms with Crippen LogP contribution in [0.4, 0.5) is 4.79 Å². The summed E-state index contributed by atoms with van der Waals surface area (Å²) in [4.78, 5) is 25.3. The van der Waals surface area contributed by atoms with Gasteiger partial charge < -0.3 is 4.74 Å². The predicted octanol–water partition coefficient (Wildman–Crippen LogP) is 4.18. The highest BCUT2D eigenvalue weighted by molar-refractivity contribution is 8.18. The lowest BCUT2D eigenvalue weighted by atomic mass is 10.2. The van der Waals surface area contributed by atoms with Gasteiger partial charge in [0, 0.05) is 6.54 Å². The summed E-state index contributed by atoms with van der Waals surface area (Å²) in [5, 5.41) is 0.242. The number of amides is 2. The van der Waals surface area contributed by atoms with Gasteiger partial charge in [0.2, 0.25) is 0 Å². The summed E-state index contributed by atoms with van der Waals surface area (Å²) in [6.45, 7) is 5.99. The fourth-order valence-corrected chi connectivity index (χ4v) is 3.02. The molecule has 0 spiro atoms. The Morgan fingerprint density at radius 3 is 2.62 bits per heavy atom. The molecule has 2 rings (SSSR count). The third-order valence-electron chi connectivity index (χ3n) is 2.81. The van der Waals surface area contributed by atoms with Crippen molar-refractivity contribution in [2.75, 3.05) is 6.54 Å². The van der Waals surface area contributed by atoms with E-state index in [0.717, 1.165) is 17.3 Å². The van der Waals surface area contributed by atoms with Gasteiger partial charge in [-0.05, 0) is 56.3 Å². The van der Waals surface area contributed by atoms with E-state index in [9.17, 15) is 9.59 Å². The van der Waals surface area contributed by atoms with E-state index in [0.29, 0.717) is 22.2 Å². The zero-order valence-electron chi connectivity index (χ0n) is 12.1. The highest BCUT2D eigenvalue weighted by Crippen LogP contribution is 2.33. The molecule has 0 N–H and O–H groups in total. The molecular formula is C15H16ClNO3S. The summed E-state index contributed by atoms with van der Waals surface area (Å²) < 4.78 is 5.56. The van der Waals surface area contributed by atoms with Gasteiger partial charge in [0.25, 0.3) is 11.1 Å². The predicted molar refractivity (Wildman–Crippen MR) is 85.6 cm³/mol. The fourth-order valence-electron chi connectivity index (χ4n) is 1.88. The summed E-state index contributed by atoms with van der Waals surface area (Å²) in [5.41, 5.74) is 0.762. The number of hydrogen-bond donors (Lipinski definition) is 0. The first kappa shape index (κ1) is 15.9. The average Bonchev–Trinajstić information content (AvgIpc) is 2.67. The molecule has 0 aliphatic carbocycles. The minimum Gasteiger partial charge on any atom is -0.489 e. The Morgan fingerprint density at radius 1 is 1.38 bits per heavy atom. The number of rotatable bonds is 4. The minimum atomic E-state index is -0.258. The lowest BCUT2D eigenvalue weighted by Gasteiger charge is -2.11. The van der Waals surface area contributed by atoms with Crippen molar-refractivity contribution >= 4 is 40.6 Å². The van der Waals surface area contributed by atoms with Crippen molar-refractivity contribution in [2.45, 2.75) is 26.9 Å². The molecule has 112 valence electrons. The van der Waals surface area contributed by atoms with Crippen LogP contribution in [0.2, 0.25) is 5.02 Å². The molecule has 6 heteroatoms. The van der Waals surface area contributed by atoms with Crippen LogP contribution in [0.25, 0.3) is 6.08 Å². The molecular weight excluding hydrogens is 310 g/mol. The summed E-state index contributed by atoms with van der Waals surface area (Å²) >= 11 is 7.10. The highest BCUT2D eigenvalue weighted by atomic mass is 35.5. The average molecular weight is 326 g/mol. The molecule has 1 saturated heterocycles. The molecule has 0 aromatic heterocycles. The molecule has 1 heterocycles. The Bertz CT molecular complexity index is 613. The zero-order chi connectivity index (χ0) is 15.6. The Morgan fingerprint density at radius 2 is 2.10 bits per heavy atom. The second-order valence-electron chi connectivity index (χ2n) is 4.78. The second kappa shape index (κ2) is 6.54. The maximum Gasteiger partial charge on any atom is 0.293 e. The van der Waals surface area contributed by atoms with Gasteiger partial charge in [0.05, 0.1) is 16.0 Å². The fraction of sp³-hybridized carbons (Fsp3) is 0.333. The van der Waals surface area contributed by atoms with Gasteiger partial charge in [-0.3, -0.25) is 14.5 Å². The number of benzene rings is 1. The molecule has 1 aliphatic heterocycles. The lowest BCUT2D eigenvalue weighted by Crippen LogP contribution is -2.27. The maximum absolute atomic E-state index is 12.0. The molecule has 4 nitrogen and oxygen atoms in total. The number of carbonyl (C=O) groups is 2. The molecule has 1 aromatic carbocycles. The van der Waals surface area contributed by atoms with Gasteiger partial charge >= 0.3 is 0 Å². The van der Waals surface area contributed by atoms with Crippen LogP contribution in [0.5, 0.6) is 5.75 Å². The van der Waals surface area contributed by atoms with E-state index < -0.39 is 0 Å².